The predicted octanol–water partition coefficient (Wildman–Crippen LogP) is 0.525. The third-order valence-electron chi connectivity index (χ3n) is 4.36. The Bertz CT molecular complexity index is 633. The molecule has 1 unspecified atom stereocenters. The number of hydrogen-bond acceptors (Lipinski definition) is 6. The zero-order chi connectivity index (χ0) is 17.1. The van der Waals surface area contributed by atoms with E-state index in [0.717, 1.165) is 23.2 Å². The molecule has 1 fully saturated rings. The average molecular weight is 334 g/mol. The molecule has 2 aliphatic heterocycles. The fraction of sp³-hybridized carbons (Fsp3) is 0.529. The lowest BCUT2D eigenvalue weighted by Crippen LogP contribution is -2.46. The molecule has 7 heteroatoms. The Balaban J connectivity index is 1.59. The normalized spacial score (nSPS) is 24.5. The number of esters is 1. The van der Waals surface area contributed by atoms with Gasteiger partial charge in [-0.25, -0.2) is 4.79 Å². The second-order valence-corrected chi connectivity index (χ2v) is 6.02. The number of hydrogen-bond donors (Lipinski definition) is 3. The predicted molar refractivity (Wildman–Crippen MR) is 86.5 cm³/mol. The van der Waals surface area contributed by atoms with Crippen LogP contribution in [0.3, 0.4) is 0 Å². The van der Waals surface area contributed by atoms with Crippen molar-refractivity contribution >= 4 is 17.6 Å². The van der Waals surface area contributed by atoms with Gasteiger partial charge < -0.3 is 25.2 Å². The average Bonchev–Trinajstić information content (AvgIpc) is 2.58. The molecule has 3 N–H and O–H groups in total. The molecule has 0 aliphatic carbocycles. The minimum Gasteiger partial charge on any atom is -0.459 e. The summed E-state index contributed by atoms with van der Waals surface area (Å²) >= 11 is 0. The van der Waals surface area contributed by atoms with E-state index in [1.165, 1.54) is 0 Å². The van der Waals surface area contributed by atoms with Crippen molar-refractivity contribution in [1.29, 1.82) is 0 Å². The molecule has 3 atom stereocenters. The van der Waals surface area contributed by atoms with Gasteiger partial charge in [-0.05, 0) is 25.0 Å². The van der Waals surface area contributed by atoms with Gasteiger partial charge in [0, 0.05) is 24.2 Å². The number of amides is 1. The smallest absolute Gasteiger partial charge is 0.396 e. The van der Waals surface area contributed by atoms with Crippen molar-refractivity contribution in [1.82, 2.24) is 5.32 Å². The molecule has 24 heavy (non-hydrogen) atoms. The lowest BCUT2D eigenvalue weighted by atomic mass is 9.89. The van der Waals surface area contributed by atoms with Crippen LogP contribution in [0.1, 0.15) is 30.6 Å². The highest BCUT2D eigenvalue weighted by atomic mass is 16.5. The Hall–Kier alpha value is -2.12. The van der Waals surface area contributed by atoms with Gasteiger partial charge in [-0.15, -0.1) is 0 Å². The Kier molecular flexibility index (Phi) is 5.01. The quantitative estimate of drug-likeness (QED) is 0.549. The fourth-order valence-corrected chi connectivity index (χ4v) is 3.11. The summed E-state index contributed by atoms with van der Waals surface area (Å²) in [5.41, 5.74) is 3.11. The van der Waals surface area contributed by atoms with Gasteiger partial charge in [-0.2, -0.15) is 0 Å². The Labute approximate surface area is 140 Å². The van der Waals surface area contributed by atoms with Crippen molar-refractivity contribution in [2.45, 2.75) is 38.0 Å². The summed E-state index contributed by atoms with van der Waals surface area (Å²) in [5, 5.41) is 15.8. The molecular weight excluding hydrogens is 312 g/mol. The maximum atomic E-state index is 11.5. The molecule has 2 bridgehead atoms. The molecule has 1 saturated heterocycles. The minimum atomic E-state index is -0.854. The maximum Gasteiger partial charge on any atom is 0.396 e. The lowest BCUT2D eigenvalue weighted by Gasteiger charge is -2.40. The number of rotatable bonds is 4. The lowest BCUT2D eigenvalue weighted by molar-refractivity contribution is -0.154. The molecule has 1 amide bonds. The number of nitrogens with one attached hydrogen (secondary N) is 2. The van der Waals surface area contributed by atoms with E-state index in [9.17, 15) is 14.7 Å². The number of carbonyl (C=O) groups is 2. The van der Waals surface area contributed by atoms with Crippen LogP contribution in [-0.4, -0.2) is 48.9 Å². The van der Waals surface area contributed by atoms with Crippen LogP contribution in [0, 0.1) is 0 Å². The van der Waals surface area contributed by atoms with E-state index in [1.54, 1.807) is 6.92 Å². The van der Waals surface area contributed by atoms with Crippen molar-refractivity contribution in [3.8, 4) is 0 Å². The number of anilines is 1. The molecule has 1 aromatic carbocycles. The first-order valence-corrected chi connectivity index (χ1v) is 8.22. The van der Waals surface area contributed by atoms with E-state index in [1.807, 2.05) is 12.1 Å². The molecule has 0 radical (unpaired) electrons. The van der Waals surface area contributed by atoms with E-state index >= 15 is 0 Å². The van der Waals surface area contributed by atoms with Crippen molar-refractivity contribution < 1.29 is 24.2 Å². The first-order valence-electron chi connectivity index (χ1n) is 8.22. The first-order chi connectivity index (χ1) is 11.6. The molecule has 0 saturated carbocycles. The second kappa shape index (κ2) is 7.19. The largest absolute Gasteiger partial charge is 0.459 e. The number of aliphatic hydroxyl groups excluding tert-OH is 1. The number of benzene rings is 1. The summed E-state index contributed by atoms with van der Waals surface area (Å²) in [6.45, 7) is 2.53. The SMILES string of the molecule is CCOC(=O)C(=O)NCCc1ccc2c(c1)[C@@H]1CC(N2)[C@H](O)CO1. The van der Waals surface area contributed by atoms with Gasteiger partial charge in [0.2, 0.25) is 0 Å². The summed E-state index contributed by atoms with van der Waals surface area (Å²) in [5.74, 6) is -1.57. The minimum absolute atomic E-state index is 0.0104. The van der Waals surface area contributed by atoms with E-state index in [2.05, 4.69) is 21.4 Å². The van der Waals surface area contributed by atoms with Gasteiger partial charge in [-0.1, -0.05) is 12.1 Å². The topological polar surface area (TPSA) is 96.9 Å². The van der Waals surface area contributed by atoms with Crippen molar-refractivity contribution in [3.63, 3.8) is 0 Å². The molecule has 130 valence electrons. The fourth-order valence-electron chi connectivity index (χ4n) is 3.11. The number of ether oxygens (including phenoxy) is 2. The van der Waals surface area contributed by atoms with Crippen LogP contribution in [0.25, 0.3) is 0 Å². The van der Waals surface area contributed by atoms with Crippen LogP contribution in [0.15, 0.2) is 18.2 Å². The van der Waals surface area contributed by atoms with E-state index in [4.69, 9.17) is 4.74 Å². The monoisotopic (exact) mass is 334 g/mol. The molecular formula is C17H22N2O5. The Morgan fingerprint density at radius 1 is 1.46 bits per heavy atom. The summed E-state index contributed by atoms with van der Waals surface area (Å²) in [6.07, 6.45) is 0.866. The summed E-state index contributed by atoms with van der Waals surface area (Å²) in [4.78, 5) is 22.7. The van der Waals surface area contributed by atoms with Crippen molar-refractivity contribution in [3.05, 3.63) is 29.3 Å². The summed E-state index contributed by atoms with van der Waals surface area (Å²) in [7, 11) is 0. The van der Waals surface area contributed by atoms with Gasteiger partial charge >= 0.3 is 11.9 Å². The molecule has 1 aromatic rings. The van der Waals surface area contributed by atoms with Crippen LogP contribution in [0.4, 0.5) is 5.69 Å². The van der Waals surface area contributed by atoms with Gasteiger partial charge in [0.15, 0.2) is 0 Å². The highest BCUT2D eigenvalue weighted by Gasteiger charge is 2.36. The van der Waals surface area contributed by atoms with Gasteiger partial charge in [0.05, 0.1) is 31.5 Å². The highest BCUT2D eigenvalue weighted by Crippen LogP contribution is 2.39. The first kappa shape index (κ1) is 16.7. The van der Waals surface area contributed by atoms with Gasteiger partial charge in [0.25, 0.3) is 0 Å². The number of carbonyl (C=O) groups excluding carboxylic acids is 2. The standard InChI is InChI=1S/C17H22N2O5/c1-2-23-17(22)16(21)18-6-5-10-3-4-12-11(7-10)15-8-13(19-12)14(20)9-24-15/h3-4,7,13-15,19-20H,2,5-6,8-9H2,1H3,(H,18,21)/t13?,14-,15+/m1/s1. The van der Waals surface area contributed by atoms with Crippen LogP contribution in [-0.2, 0) is 25.5 Å². The maximum absolute atomic E-state index is 11.5. The van der Waals surface area contributed by atoms with E-state index < -0.39 is 18.0 Å². The Morgan fingerprint density at radius 3 is 3.08 bits per heavy atom. The summed E-state index contributed by atoms with van der Waals surface area (Å²) in [6, 6.07) is 6.02. The molecule has 2 heterocycles. The molecule has 0 spiro atoms. The zero-order valence-electron chi connectivity index (χ0n) is 13.6. The number of aliphatic hydroxyl groups is 1. The van der Waals surface area contributed by atoms with E-state index in [-0.39, 0.29) is 18.8 Å². The molecule has 7 nitrogen and oxygen atoms in total. The van der Waals surface area contributed by atoms with Crippen molar-refractivity contribution in [2.75, 3.05) is 25.1 Å². The Morgan fingerprint density at radius 2 is 2.29 bits per heavy atom. The highest BCUT2D eigenvalue weighted by molar-refractivity contribution is 6.32. The third-order valence-corrected chi connectivity index (χ3v) is 4.36. The molecule has 3 rings (SSSR count). The van der Waals surface area contributed by atoms with Gasteiger partial charge in [-0.3, -0.25) is 4.79 Å². The van der Waals surface area contributed by atoms with Crippen LogP contribution in [0.5, 0.6) is 0 Å². The van der Waals surface area contributed by atoms with Crippen LogP contribution < -0.4 is 10.6 Å². The third kappa shape index (κ3) is 3.52. The van der Waals surface area contributed by atoms with E-state index in [0.29, 0.717) is 19.6 Å². The summed E-state index contributed by atoms with van der Waals surface area (Å²) < 4.78 is 10.4. The second-order valence-electron chi connectivity index (χ2n) is 6.02. The molecule has 2 aliphatic rings. The molecule has 0 aromatic heterocycles. The number of fused-ring (bicyclic) bond motifs is 4. The van der Waals surface area contributed by atoms with Crippen LogP contribution >= 0.6 is 0 Å². The van der Waals surface area contributed by atoms with Crippen LogP contribution in [0.2, 0.25) is 0 Å². The van der Waals surface area contributed by atoms with Crippen molar-refractivity contribution in [2.24, 2.45) is 0 Å². The zero-order valence-corrected chi connectivity index (χ0v) is 13.6. The van der Waals surface area contributed by atoms with Gasteiger partial charge in [0.1, 0.15) is 0 Å².